The molecule has 6 N–H and O–H groups in total. The lowest BCUT2D eigenvalue weighted by molar-refractivity contribution is -0.302. The molecule has 11 heteroatoms. The number of hydrogen-bond acceptors (Lipinski definition) is 10. The zero-order valence-corrected chi connectivity index (χ0v) is 57.0. The molecule has 87 heavy (non-hydrogen) atoms. The van der Waals surface area contributed by atoms with Crippen molar-refractivity contribution >= 4 is 11.9 Å². The first-order chi connectivity index (χ1) is 42.7. The van der Waals surface area contributed by atoms with Gasteiger partial charge in [-0.15, -0.1) is 0 Å². The number of aliphatic hydroxyl groups excluding tert-OH is 5. The largest absolute Gasteiger partial charge is 0.466 e. The first kappa shape index (κ1) is 82.9. The third kappa shape index (κ3) is 54.2. The molecule has 1 aliphatic heterocycles. The number of ether oxygens (including phenoxy) is 3. The van der Waals surface area contributed by atoms with Gasteiger partial charge in [0, 0.05) is 12.8 Å². The van der Waals surface area contributed by atoms with Crippen molar-refractivity contribution < 1.29 is 49.3 Å². The summed E-state index contributed by atoms with van der Waals surface area (Å²) in [6.45, 7) is 4.35. The van der Waals surface area contributed by atoms with Crippen LogP contribution in [0.2, 0.25) is 0 Å². The standard InChI is InChI=1S/C76H143NO10/c1-3-5-7-9-11-13-15-16-41-44-48-52-56-60-64-72(81)85-65-61-57-53-49-45-42-39-37-35-33-31-29-27-25-23-21-19-17-18-20-22-24-26-28-30-32-34-36-38-40-43-47-51-55-59-63-71(80)77-68(67-86-76-75(84)74(83)73(82)70(66-78)87-76)69(79)62-58-54-50-46-14-12-10-8-6-4-2/h15-16,19,21,58,62,68-70,73-76,78-79,82-84H,3-14,17-18,20,22-57,59-61,63-67H2,1-2H3,(H,77,80)/b16-15-,21-19-,62-58+. The lowest BCUT2D eigenvalue weighted by atomic mass is 9.99. The van der Waals surface area contributed by atoms with E-state index < -0.39 is 49.5 Å². The average molecular weight is 1230 g/mol. The molecule has 0 aliphatic carbocycles. The Balaban J connectivity index is 1.89. The minimum Gasteiger partial charge on any atom is -0.466 e. The van der Waals surface area contributed by atoms with Crippen LogP contribution in [0.1, 0.15) is 373 Å². The highest BCUT2D eigenvalue weighted by Crippen LogP contribution is 2.23. The van der Waals surface area contributed by atoms with Gasteiger partial charge in [-0.1, -0.05) is 314 Å². The maximum absolute atomic E-state index is 13.0. The zero-order chi connectivity index (χ0) is 63.0. The number of aliphatic hydroxyl groups is 5. The van der Waals surface area contributed by atoms with Gasteiger partial charge >= 0.3 is 5.97 Å². The fourth-order valence-electron chi connectivity index (χ4n) is 12.0. The second kappa shape index (κ2) is 65.4. The summed E-state index contributed by atoms with van der Waals surface area (Å²) >= 11 is 0. The highest BCUT2D eigenvalue weighted by atomic mass is 16.7. The molecular formula is C76H143NO10. The molecule has 11 nitrogen and oxygen atoms in total. The minimum atomic E-state index is -1.57. The van der Waals surface area contributed by atoms with Gasteiger partial charge in [0.2, 0.25) is 5.91 Å². The third-order valence-corrected chi connectivity index (χ3v) is 18.0. The summed E-state index contributed by atoms with van der Waals surface area (Å²) in [7, 11) is 0. The summed E-state index contributed by atoms with van der Waals surface area (Å²) in [4.78, 5) is 25.1. The number of nitrogens with one attached hydrogen (secondary N) is 1. The molecule has 1 heterocycles. The van der Waals surface area contributed by atoms with Crippen LogP contribution >= 0.6 is 0 Å². The van der Waals surface area contributed by atoms with Gasteiger partial charge < -0.3 is 45.1 Å². The van der Waals surface area contributed by atoms with Gasteiger partial charge in [-0.25, -0.2) is 0 Å². The molecule has 0 aromatic rings. The summed E-state index contributed by atoms with van der Waals surface area (Å²) in [5.41, 5.74) is 0. The van der Waals surface area contributed by atoms with E-state index in [1.54, 1.807) is 6.08 Å². The second-order valence-corrected chi connectivity index (χ2v) is 26.3. The smallest absolute Gasteiger partial charge is 0.305 e. The lowest BCUT2D eigenvalue weighted by Crippen LogP contribution is -2.60. The maximum Gasteiger partial charge on any atom is 0.305 e. The topological polar surface area (TPSA) is 175 Å². The van der Waals surface area contributed by atoms with Gasteiger partial charge in [0.15, 0.2) is 6.29 Å². The summed E-state index contributed by atoms with van der Waals surface area (Å²) in [6.07, 6.45) is 74.6. The van der Waals surface area contributed by atoms with Crippen molar-refractivity contribution in [1.82, 2.24) is 5.32 Å². The monoisotopic (exact) mass is 1230 g/mol. The Morgan fingerprint density at radius 2 is 0.736 bits per heavy atom. The number of rotatable bonds is 67. The fraction of sp³-hybridized carbons (Fsp3) is 0.895. The normalized spacial score (nSPS) is 18.0. The predicted octanol–water partition coefficient (Wildman–Crippen LogP) is 19.7. The molecule has 1 aliphatic rings. The molecule has 1 amide bonds. The first-order valence-corrected chi connectivity index (χ1v) is 37.8. The minimum absolute atomic E-state index is 0.00532. The third-order valence-electron chi connectivity index (χ3n) is 18.0. The van der Waals surface area contributed by atoms with Crippen LogP contribution in [-0.4, -0.2) is 100 Å². The maximum atomic E-state index is 13.0. The van der Waals surface area contributed by atoms with Gasteiger partial charge in [-0.2, -0.15) is 0 Å². The summed E-state index contributed by atoms with van der Waals surface area (Å²) in [5, 5.41) is 54.4. The Bertz CT molecular complexity index is 1540. The van der Waals surface area contributed by atoms with E-state index in [1.807, 2.05) is 6.08 Å². The van der Waals surface area contributed by atoms with Crippen molar-refractivity contribution in [2.45, 2.75) is 416 Å². The van der Waals surface area contributed by atoms with Crippen molar-refractivity contribution in [2.24, 2.45) is 0 Å². The molecule has 512 valence electrons. The van der Waals surface area contributed by atoms with Crippen LogP contribution in [0, 0.1) is 0 Å². The summed E-state index contributed by atoms with van der Waals surface area (Å²) in [5.74, 6) is -0.173. The van der Waals surface area contributed by atoms with Crippen LogP contribution in [0.25, 0.3) is 0 Å². The Morgan fingerprint density at radius 3 is 1.10 bits per heavy atom. The van der Waals surface area contributed by atoms with E-state index in [2.05, 4.69) is 43.5 Å². The van der Waals surface area contributed by atoms with E-state index in [0.29, 0.717) is 19.4 Å². The Morgan fingerprint density at radius 1 is 0.414 bits per heavy atom. The number of amides is 1. The van der Waals surface area contributed by atoms with Crippen molar-refractivity contribution in [3.8, 4) is 0 Å². The van der Waals surface area contributed by atoms with E-state index in [9.17, 15) is 35.1 Å². The van der Waals surface area contributed by atoms with Crippen LogP contribution < -0.4 is 5.32 Å². The van der Waals surface area contributed by atoms with Crippen LogP contribution in [-0.2, 0) is 23.8 Å². The molecule has 1 saturated heterocycles. The van der Waals surface area contributed by atoms with Crippen LogP contribution in [0.15, 0.2) is 36.5 Å². The number of carbonyl (C=O) groups excluding carboxylic acids is 2. The molecule has 1 rings (SSSR count). The second-order valence-electron chi connectivity index (χ2n) is 26.3. The van der Waals surface area contributed by atoms with Gasteiger partial charge in [0.1, 0.15) is 24.4 Å². The molecule has 1 fully saturated rings. The van der Waals surface area contributed by atoms with Crippen LogP contribution in [0.5, 0.6) is 0 Å². The van der Waals surface area contributed by atoms with E-state index in [-0.39, 0.29) is 18.5 Å². The number of hydrogen-bond donors (Lipinski definition) is 6. The Hall–Kier alpha value is -2.12. The molecule has 0 aromatic carbocycles. The molecule has 7 atom stereocenters. The van der Waals surface area contributed by atoms with Gasteiger partial charge in [-0.3, -0.25) is 9.59 Å². The van der Waals surface area contributed by atoms with Crippen molar-refractivity contribution in [3.05, 3.63) is 36.5 Å². The molecule has 7 unspecified atom stereocenters. The highest BCUT2D eigenvalue weighted by Gasteiger charge is 2.44. The van der Waals surface area contributed by atoms with E-state index in [1.165, 1.54) is 289 Å². The molecule has 0 aromatic heterocycles. The van der Waals surface area contributed by atoms with E-state index >= 15 is 0 Å². The molecule has 0 bridgehead atoms. The highest BCUT2D eigenvalue weighted by molar-refractivity contribution is 5.76. The van der Waals surface area contributed by atoms with Crippen LogP contribution in [0.3, 0.4) is 0 Å². The van der Waals surface area contributed by atoms with Crippen molar-refractivity contribution in [1.29, 1.82) is 0 Å². The number of unbranched alkanes of at least 4 members (excludes halogenated alkanes) is 49. The summed E-state index contributed by atoms with van der Waals surface area (Å²) in [6, 6.07) is -0.806. The molecule has 0 spiro atoms. The first-order valence-electron chi connectivity index (χ1n) is 37.8. The zero-order valence-electron chi connectivity index (χ0n) is 57.0. The molecule has 0 radical (unpaired) electrons. The van der Waals surface area contributed by atoms with E-state index in [0.717, 1.165) is 57.8 Å². The quantitative estimate of drug-likeness (QED) is 0.0195. The van der Waals surface area contributed by atoms with Crippen LogP contribution in [0.4, 0.5) is 0 Å². The number of esters is 1. The average Bonchev–Trinajstić information content (AvgIpc) is 3.18. The fourth-order valence-corrected chi connectivity index (χ4v) is 12.0. The number of carbonyl (C=O) groups is 2. The Labute approximate surface area is 536 Å². The van der Waals surface area contributed by atoms with Gasteiger partial charge in [0.05, 0.1) is 32.0 Å². The Kier molecular flexibility index (Phi) is 62.3. The van der Waals surface area contributed by atoms with Crippen molar-refractivity contribution in [2.75, 3.05) is 19.8 Å². The van der Waals surface area contributed by atoms with E-state index in [4.69, 9.17) is 14.2 Å². The summed E-state index contributed by atoms with van der Waals surface area (Å²) < 4.78 is 16.7. The predicted molar refractivity (Wildman–Crippen MR) is 366 cm³/mol. The van der Waals surface area contributed by atoms with Crippen molar-refractivity contribution in [3.63, 3.8) is 0 Å². The lowest BCUT2D eigenvalue weighted by Gasteiger charge is -2.40. The van der Waals surface area contributed by atoms with Gasteiger partial charge in [-0.05, 0) is 83.5 Å². The SMILES string of the molecule is CCCCCCC/C=C\CCCCCCCC(=O)OCCCCCCCCCCCCCCCC/C=C\CCCCCCCCCCCCCCCCCCCC(=O)NC(COC1OC(CO)C(O)C(O)C1O)C(O)/C=C/CCCCCCCCCC. The number of allylic oxidation sites excluding steroid dienone is 5. The molecule has 0 saturated carbocycles. The molecular weight excluding hydrogens is 1090 g/mol. The van der Waals surface area contributed by atoms with Gasteiger partial charge in [0.25, 0.3) is 0 Å².